The number of rotatable bonds is 3. The molecule has 0 radical (unpaired) electrons. The molecular weight excluding hydrogens is 382 g/mol. The van der Waals surface area contributed by atoms with Gasteiger partial charge in [0.25, 0.3) is 0 Å². The third-order valence-corrected chi connectivity index (χ3v) is 6.58. The van der Waals surface area contributed by atoms with E-state index in [1.54, 1.807) is 27.7 Å². The van der Waals surface area contributed by atoms with Gasteiger partial charge in [-0.15, -0.1) is 0 Å². The van der Waals surface area contributed by atoms with Crippen molar-refractivity contribution < 1.29 is 27.9 Å². The first-order chi connectivity index (χ1) is 11.8. The Hall–Kier alpha value is -1.80. The summed E-state index contributed by atoms with van der Waals surface area (Å²) in [6.45, 7) is 6.34. The van der Waals surface area contributed by atoms with E-state index in [9.17, 15) is 23.1 Å². The van der Waals surface area contributed by atoms with Crippen LogP contribution in [0, 0.1) is 6.92 Å². The first-order valence-corrected chi connectivity index (χ1v) is 9.98. The van der Waals surface area contributed by atoms with Crippen molar-refractivity contribution in [1.82, 2.24) is 4.90 Å². The Morgan fingerprint density at radius 3 is 2.42 bits per heavy atom. The van der Waals surface area contributed by atoms with Crippen LogP contribution in [0.4, 0.5) is 4.79 Å². The monoisotopic (exact) mass is 403 g/mol. The van der Waals surface area contributed by atoms with E-state index in [-0.39, 0.29) is 17.9 Å². The van der Waals surface area contributed by atoms with Crippen LogP contribution in [0.3, 0.4) is 0 Å². The van der Waals surface area contributed by atoms with Gasteiger partial charge in [-0.1, -0.05) is 11.6 Å². The van der Waals surface area contributed by atoms with Gasteiger partial charge in [0.2, 0.25) is 0 Å². The largest absolute Gasteiger partial charge is 0.480 e. The lowest BCUT2D eigenvalue weighted by Crippen LogP contribution is -2.43. The maximum atomic E-state index is 13.0. The summed E-state index contributed by atoms with van der Waals surface area (Å²) in [6.07, 6.45) is -1.03. The third-order valence-electron chi connectivity index (χ3n) is 4.06. The van der Waals surface area contributed by atoms with E-state index in [0.29, 0.717) is 10.6 Å². The fourth-order valence-corrected chi connectivity index (χ4v) is 5.03. The number of likely N-dealkylation sites (tertiary alicyclic amines) is 1. The van der Waals surface area contributed by atoms with Crippen molar-refractivity contribution >= 4 is 33.5 Å². The lowest BCUT2D eigenvalue weighted by molar-refractivity contribution is -0.142. The first kappa shape index (κ1) is 20.5. The van der Waals surface area contributed by atoms with Crippen molar-refractivity contribution in [1.29, 1.82) is 0 Å². The fourth-order valence-electron chi connectivity index (χ4n) is 2.89. The normalized spacial score (nSPS) is 20.9. The zero-order chi connectivity index (χ0) is 19.9. The average Bonchev–Trinajstić information content (AvgIpc) is 2.91. The Morgan fingerprint density at radius 2 is 1.92 bits per heavy atom. The van der Waals surface area contributed by atoms with Gasteiger partial charge in [0.15, 0.2) is 9.84 Å². The molecule has 0 bridgehead atoms. The number of aryl methyl sites for hydroxylation is 1. The molecule has 1 saturated heterocycles. The van der Waals surface area contributed by atoms with Gasteiger partial charge in [-0.2, -0.15) is 0 Å². The summed E-state index contributed by atoms with van der Waals surface area (Å²) in [7, 11) is -3.83. The summed E-state index contributed by atoms with van der Waals surface area (Å²) in [5, 5.41) is 8.79. The summed E-state index contributed by atoms with van der Waals surface area (Å²) in [6, 6.07) is 3.15. The molecule has 0 aromatic heterocycles. The molecule has 2 atom stereocenters. The highest BCUT2D eigenvalue weighted by Crippen LogP contribution is 2.31. The molecule has 1 N–H and O–H groups in total. The van der Waals surface area contributed by atoms with Gasteiger partial charge in [0, 0.05) is 11.6 Å². The SMILES string of the molecule is Cc1cc(Cl)ccc1S(=O)(=O)[C@@H]1C[C@@H](C(=O)O)N(C(=O)OC(C)(C)C)C1. The topological polar surface area (TPSA) is 101 Å². The summed E-state index contributed by atoms with van der Waals surface area (Å²) < 4.78 is 31.2. The summed E-state index contributed by atoms with van der Waals surface area (Å²) in [5.74, 6) is -1.26. The number of carboxylic acid groups (broad SMARTS) is 1. The number of ether oxygens (including phenoxy) is 1. The van der Waals surface area contributed by atoms with E-state index in [0.717, 1.165) is 4.90 Å². The molecule has 1 fully saturated rings. The minimum atomic E-state index is -3.83. The number of hydrogen-bond donors (Lipinski definition) is 1. The maximum Gasteiger partial charge on any atom is 0.411 e. The summed E-state index contributed by atoms with van der Waals surface area (Å²) >= 11 is 5.88. The Kier molecular flexibility index (Phi) is 5.58. The summed E-state index contributed by atoms with van der Waals surface area (Å²) in [5.41, 5.74) is -0.343. The second kappa shape index (κ2) is 7.08. The number of nitrogens with zero attached hydrogens (tertiary/aromatic N) is 1. The van der Waals surface area contributed by atoms with Gasteiger partial charge >= 0.3 is 12.1 Å². The van der Waals surface area contributed by atoms with Crippen LogP contribution in [0.25, 0.3) is 0 Å². The molecule has 9 heteroatoms. The summed E-state index contributed by atoms with van der Waals surface area (Å²) in [4.78, 5) is 24.9. The number of sulfone groups is 1. The van der Waals surface area contributed by atoms with Crippen LogP contribution >= 0.6 is 11.6 Å². The van der Waals surface area contributed by atoms with Crippen LogP contribution < -0.4 is 0 Å². The predicted molar refractivity (Wildman–Crippen MR) is 96.1 cm³/mol. The van der Waals surface area contributed by atoms with Crippen LogP contribution in [0.5, 0.6) is 0 Å². The van der Waals surface area contributed by atoms with E-state index in [2.05, 4.69) is 0 Å². The minimum absolute atomic E-state index is 0.0853. The number of halogens is 1. The second-order valence-electron chi connectivity index (χ2n) is 7.30. The average molecular weight is 404 g/mol. The molecule has 1 aliphatic heterocycles. The maximum absolute atomic E-state index is 13.0. The molecular formula is C17H22ClNO6S. The molecule has 0 saturated carbocycles. The highest BCUT2D eigenvalue weighted by Gasteiger charge is 2.47. The van der Waals surface area contributed by atoms with Crippen LogP contribution in [0.2, 0.25) is 5.02 Å². The molecule has 1 amide bonds. The lowest BCUT2D eigenvalue weighted by Gasteiger charge is -2.26. The van der Waals surface area contributed by atoms with E-state index < -0.39 is 38.8 Å². The molecule has 1 aliphatic rings. The lowest BCUT2D eigenvalue weighted by atomic mass is 10.2. The Morgan fingerprint density at radius 1 is 1.31 bits per heavy atom. The zero-order valence-electron chi connectivity index (χ0n) is 15.0. The second-order valence-corrected chi connectivity index (χ2v) is 9.93. The molecule has 2 rings (SSSR count). The van der Waals surface area contributed by atoms with E-state index >= 15 is 0 Å². The molecule has 1 aromatic rings. The van der Waals surface area contributed by atoms with Crippen LogP contribution in [-0.2, 0) is 19.4 Å². The number of amides is 1. The number of carbonyl (C=O) groups excluding carboxylic acids is 1. The molecule has 1 aromatic carbocycles. The van der Waals surface area contributed by atoms with Crippen LogP contribution in [-0.4, -0.2) is 53.9 Å². The quantitative estimate of drug-likeness (QED) is 0.832. The van der Waals surface area contributed by atoms with Crippen molar-refractivity contribution in [2.24, 2.45) is 0 Å². The number of carboxylic acids is 1. The molecule has 0 aliphatic carbocycles. The number of carbonyl (C=O) groups is 2. The van der Waals surface area contributed by atoms with E-state index in [1.165, 1.54) is 18.2 Å². The fraction of sp³-hybridized carbons (Fsp3) is 0.529. The standard InChI is InChI=1S/C17H22ClNO6S/c1-10-7-11(18)5-6-14(10)26(23,24)12-8-13(15(20)21)19(9-12)16(22)25-17(2,3)4/h5-7,12-13H,8-9H2,1-4H3,(H,20,21)/t12-,13+/m1/s1. The van der Waals surface area contributed by atoms with Crippen molar-refractivity contribution in [3.05, 3.63) is 28.8 Å². The molecule has 1 heterocycles. The molecule has 7 nitrogen and oxygen atoms in total. The van der Waals surface area contributed by atoms with Gasteiger partial charge in [0.1, 0.15) is 11.6 Å². The van der Waals surface area contributed by atoms with Gasteiger partial charge in [0.05, 0.1) is 10.1 Å². The zero-order valence-corrected chi connectivity index (χ0v) is 16.6. The molecule has 0 unspecified atom stereocenters. The highest BCUT2D eigenvalue weighted by molar-refractivity contribution is 7.92. The van der Waals surface area contributed by atoms with E-state index in [1.807, 2.05) is 0 Å². The van der Waals surface area contributed by atoms with Crippen molar-refractivity contribution in [3.63, 3.8) is 0 Å². The highest BCUT2D eigenvalue weighted by atomic mass is 35.5. The van der Waals surface area contributed by atoms with Gasteiger partial charge in [-0.05, 0) is 57.9 Å². The number of hydrogen-bond acceptors (Lipinski definition) is 5. The number of aliphatic carboxylic acids is 1. The Labute approximate surface area is 157 Å². The smallest absolute Gasteiger partial charge is 0.411 e. The third kappa shape index (κ3) is 4.29. The molecule has 26 heavy (non-hydrogen) atoms. The van der Waals surface area contributed by atoms with Crippen molar-refractivity contribution in [2.75, 3.05) is 6.54 Å². The van der Waals surface area contributed by atoms with Crippen LogP contribution in [0.15, 0.2) is 23.1 Å². The Bertz CT molecular complexity index is 830. The van der Waals surface area contributed by atoms with Crippen molar-refractivity contribution in [2.45, 2.75) is 55.9 Å². The Balaban J connectivity index is 2.34. The van der Waals surface area contributed by atoms with Gasteiger partial charge < -0.3 is 9.84 Å². The predicted octanol–water partition coefficient (Wildman–Crippen LogP) is 2.88. The minimum Gasteiger partial charge on any atom is -0.480 e. The van der Waals surface area contributed by atoms with Gasteiger partial charge in [-0.25, -0.2) is 18.0 Å². The number of benzene rings is 1. The van der Waals surface area contributed by atoms with Crippen LogP contribution in [0.1, 0.15) is 32.8 Å². The van der Waals surface area contributed by atoms with E-state index in [4.69, 9.17) is 16.3 Å². The molecule has 0 spiro atoms. The van der Waals surface area contributed by atoms with Gasteiger partial charge in [-0.3, -0.25) is 4.90 Å². The first-order valence-electron chi connectivity index (χ1n) is 8.05. The molecule has 144 valence electrons. The van der Waals surface area contributed by atoms with Crippen molar-refractivity contribution in [3.8, 4) is 0 Å².